The molecule has 1 aliphatic carbocycles. The lowest BCUT2D eigenvalue weighted by molar-refractivity contribution is 0.322. The number of allylic oxidation sites excluding steroid dienone is 2. The Hall–Kier alpha value is -1.30. The maximum absolute atomic E-state index is 3.80. The molecule has 0 saturated heterocycles. The maximum atomic E-state index is 3.80. The Kier molecular flexibility index (Phi) is 4.41. The van der Waals surface area contributed by atoms with Gasteiger partial charge in [0.25, 0.3) is 0 Å². The quantitative estimate of drug-likeness (QED) is 0.630. The Balaban J connectivity index is 1.95. The number of rotatable bonds is 4. The minimum absolute atomic E-state index is 0.781. The zero-order valence-corrected chi connectivity index (χ0v) is 11.7. The van der Waals surface area contributed by atoms with Crippen LogP contribution in [0.1, 0.15) is 44.2 Å². The largest absolute Gasteiger partial charge is 0.0985 e. The number of hydrogen-bond acceptors (Lipinski definition) is 0. The van der Waals surface area contributed by atoms with Crippen LogP contribution in [0.25, 0.3) is 6.08 Å². The molecule has 18 heavy (non-hydrogen) atoms. The second kappa shape index (κ2) is 6.04. The molecule has 2 atom stereocenters. The van der Waals surface area contributed by atoms with Crippen molar-refractivity contribution in [3.8, 4) is 0 Å². The van der Waals surface area contributed by atoms with Crippen molar-refractivity contribution >= 4 is 6.08 Å². The van der Waals surface area contributed by atoms with E-state index in [0.29, 0.717) is 0 Å². The molecule has 96 valence electrons. The fourth-order valence-electron chi connectivity index (χ4n) is 2.96. The fourth-order valence-corrected chi connectivity index (χ4v) is 2.96. The predicted octanol–water partition coefficient (Wildman–Crippen LogP) is 5.25. The average Bonchev–Trinajstić information content (AvgIpc) is 2.39. The highest BCUT2D eigenvalue weighted by molar-refractivity contribution is 5.47. The van der Waals surface area contributed by atoms with Gasteiger partial charge in [-0.1, -0.05) is 55.5 Å². The van der Waals surface area contributed by atoms with Crippen LogP contribution in [0.5, 0.6) is 0 Å². The van der Waals surface area contributed by atoms with E-state index in [2.05, 4.69) is 50.8 Å². The second-order valence-electron chi connectivity index (χ2n) is 5.72. The van der Waals surface area contributed by atoms with Crippen LogP contribution >= 0.6 is 0 Å². The molecule has 0 aromatic heterocycles. The summed E-state index contributed by atoms with van der Waals surface area (Å²) in [5.74, 6) is 1.65. The Labute approximate surface area is 111 Å². The third kappa shape index (κ3) is 3.35. The normalized spacial score (nSPS) is 21.2. The standard InChI is InChI=1S/C18H24/c1-4-16-8-10-17(11-9-16)13-15(3)18-7-5-6-14(2)12-18/h4,6,8-11,15,18H,1,5,7,12-13H2,2-3H3. The fraction of sp³-hybridized carbons (Fsp3) is 0.444. The SMILES string of the molecule is C=Cc1ccc(CC(C)C2CCC=C(C)C2)cc1. The first-order valence-electron chi connectivity index (χ1n) is 7.06. The lowest BCUT2D eigenvalue weighted by Gasteiger charge is -2.27. The molecule has 0 saturated carbocycles. The molecule has 0 nitrogen and oxygen atoms in total. The van der Waals surface area contributed by atoms with Crippen molar-refractivity contribution in [2.75, 3.05) is 0 Å². The molecule has 0 N–H and O–H groups in total. The first-order chi connectivity index (χ1) is 8.69. The van der Waals surface area contributed by atoms with Crippen LogP contribution in [0.3, 0.4) is 0 Å². The van der Waals surface area contributed by atoms with Gasteiger partial charge in [0.15, 0.2) is 0 Å². The molecule has 0 spiro atoms. The molecule has 2 rings (SSSR count). The van der Waals surface area contributed by atoms with Crippen molar-refractivity contribution in [2.24, 2.45) is 11.8 Å². The van der Waals surface area contributed by atoms with Gasteiger partial charge in [0.05, 0.1) is 0 Å². The van der Waals surface area contributed by atoms with Gasteiger partial charge < -0.3 is 0 Å². The van der Waals surface area contributed by atoms with Crippen LogP contribution < -0.4 is 0 Å². The van der Waals surface area contributed by atoms with E-state index >= 15 is 0 Å². The molecular weight excluding hydrogens is 216 g/mol. The van der Waals surface area contributed by atoms with E-state index in [1.54, 1.807) is 5.57 Å². The summed E-state index contributed by atoms with van der Waals surface area (Å²) in [4.78, 5) is 0. The lowest BCUT2D eigenvalue weighted by Crippen LogP contribution is -2.17. The highest BCUT2D eigenvalue weighted by Gasteiger charge is 2.20. The molecule has 0 heterocycles. The maximum Gasteiger partial charge on any atom is -0.0250 e. The van der Waals surface area contributed by atoms with Gasteiger partial charge >= 0.3 is 0 Å². The summed E-state index contributed by atoms with van der Waals surface area (Å²) in [7, 11) is 0. The minimum atomic E-state index is 0.781. The summed E-state index contributed by atoms with van der Waals surface area (Å²) in [5.41, 5.74) is 4.25. The van der Waals surface area contributed by atoms with E-state index in [1.807, 2.05) is 6.08 Å². The molecule has 0 aliphatic heterocycles. The van der Waals surface area contributed by atoms with E-state index in [9.17, 15) is 0 Å². The van der Waals surface area contributed by atoms with Gasteiger partial charge in [-0.15, -0.1) is 0 Å². The van der Waals surface area contributed by atoms with Crippen LogP contribution in [0.15, 0.2) is 42.5 Å². The zero-order chi connectivity index (χ0) is 13.0. The van der Waals surface area contributed by atoms with Gasteiger partial charge in [-0.25, -0.2) is 0 Å². The number of benzene rings is 1. The van der Waals surface area contributed by atoms with Crippen LogP contribution in [0.4, 0.5) is 0 Å². The summed E-state index contributed by atoms with van der Waals surface area (Å²) in [6.45, 7) is 8.48. The third-order valence-electron chi connectivity index (χ3n) is 4.19. The summed E-state index contributed by atoms with van der Waals surface area (Å²) in [6.07, 6.45) is 9.45. The van der Waals surface area contributed by atoms with Crippen molar-refractivity contribution in [1.29, 1.82) is 0 Å². The molecule has 0 radical (unpaired) electrons. The molecule has 0 amide bonds. The Morgan fingerprint density at radius 2 is 2.06 bits per heavy atom. The third-order valence-corrected chi connectivity index (χ3v) is 4.19. The summed E-state index contributed by atoms with van der Waals surface area (Å²) in [5, 5.41) is 0. The van der Waals surface area contributed by atoms with Gasteiger partial charge in [-0.3, -0.25) is 0 Å². The van der Waals surface area contributed by atoms with Crippen LogP contribution in [-0.4, -0.2) is 0 Å². The van der Waals surface area contributed by atoms with E-state index in [0.717, 1.165) is 11.8 Å². The van der Waals surface area contributed by atoms with E-state index in [-0.39, 0.29) is 0 Å². The Morgan fingerprint density at radius 3 is 2.67 bits per heavy atom. The van der Waals surface area contributed by atoms with E-state index in [4.69, 9.17) is 0 Å². The van der Waals surface area contributed by atoms with Gasteiger partial charge in [0.1, 0.15) is 0 Å². The summed E-state index contributed by atoms with van der Waals surface area (Å²) < 4.78 is 0. The monoisotopic (exact) mass is 240 g/mol. The molecule has 0 fully saturated rings. The van der Waals surface area contributed by atoms with Gasteiger partial charge in [0.2, 0.25) is 0 Å². The first kappa shape index (κ1) is 13.1. The number of hydrogen-bond donors (Lipinski definition) is 0. The van der Waals surface area contributed by atoms with Gasteiger partial charge in [0, 0.05) is 0 Å². The lowest BCUT2D eigenvalue weighted by atomic mass is 9.78. The highest BCUT2D eigenvalue weighted by Crippen LogP contribution is 2.31. The molecule has 0 heteroatoms. The first-order valence-corrected chi connectivity index (χ1v) is 7.06. The highest BCUT2D eigenvalue weighted by atomic mass is 14.2. The van der Waals surface area contributed by atoms with Gasteiger partial charge in [-0.05, 0) is 55.6 Å². The van der Waals surface area contributed by atoms with Crippen molar-refractivity contribution in [2.45, 2.75) is 39.5 Å². The van der Waals surface area contributed by atoms with Crippen molar-refractivity contribution in [3.05, 3.63) is 53.6 Å². The predicted molar refractivity (Wildman–Crippen MR) is 80.5 cm³/mol. The Morgan fingerprint density at radius 1 is 1.33 bits per heavy atom. The van der Waals surface area contributed by atoms with Crippen LogP contribution in [0.2, 0.25) is 0 Å². The smallest absolute Gasteiger partial charge is 0.0250 e. The molecule has 1 aromatic rings. The van der Waals surface area contributed by atoms with E-state index in [1.165, 1.54) is 36.8 Å². The topological polar surface area (TPSA) is 0 Å². The Bertz CT molecular complexity index is 422. The zero-order valence-electron chi connectivity index (χ0n) is 11.7. The second-order valence-corrected chi connectivity index (χ2v) is 5.72. The van der Waals surface area contributed by atoms with Crippen LogP contribution in [-0.2, 0) is 6.42 Å². The van der Waals surface area contributed by atoms with Crippen molar-refractivity contribution in [1.82, 2.24) is 0 Å². The molecule has 2 unspecified atom stereocenters. The van der Waals surface area contributed by atoms with Crippen molar-refractivity contribution < 1.29 is 0 Å². The molecular formula is C18H24. The summed E-state index contributed by atoms with van der Waals surface area (Å²) >= 11 is 0. The molecule has 1 aromatic carbocycles. The van der Waals surface area contributed by atoms with Crippen LogP contribution in [0, 0.1) is 11.8 Å². The van der Waals surface area contributed by atoms with Gasteiger partial charge in [-0.2, -0.15) is 0 Å². The molecule has 1 aliphatic rings. The molecule has 0 bridgehead atoms. The van der Waals surface area contributed by atoms with E-state index < -0.39 is 0 Å². The average molecular weight is 240 g/mol. The minimum Gasteiger partial charge on any atom is -0.0985 e. The summed E-state index contributed by atoms with van der Waals surface area (Å²) in [6, 6.07) is 8.83. The van der Waals surface area contributed by atoms with Crippen molar-refractivity contribution in [3.63, 3.8) is 0 Å².